The molecule has 0 aliphatic carbocycles. The zero-order chi connectivity index (χ0) is 30.7. The SMILES string of the molecule is CC.CC.CC.CC.CC.CCc1ccc(C)c(/C(=C/[C@]2(O)CCN(C)[C@H]2c2ccccc2)CO)c1.[CH2]=[V]. The standard InChI is InChI=1S/C23H29NO2.5C2H6.CH2.V/c1-4-18-11-10-17(2)21(14-18)20(16-25)15-23(26)12-13-24(3)22(23)19-8-6-5-7-9-19;5*1-2;;/h5-11,14-15,22,25-26H,4,12-13,16H2,1-3H3;5*1-2H3;1H2;/b20-15+;;;;;;;/t22-,23+;;;;;;;/m0......./s1. The summed E-state index contributed by atoms with van der Waals surface area (Å²) < 4.78 is 0. The molecular formula is C34H61NO2V. The van der Waals surface area contributed by atoms with Gasteiger partial charge in [0.2, 0.25) is 0 Å². The van der Waals surface area contributed by atoms with Crippen molar-refractivity contribution in [2.45, 2.75) is 108 Å². The van der Waals surface area contributed by atoms with Crippen molar-refractivity contribution in [1.82, 2.24) is 4.90 Å². The van der Waals surface area contributed by atoms with Crippen molar-refractivity contribution in [2.24, 2.45) is 0 Å². The summed E-state index contributed by atoms with van der Waals surface area (Å²) in [6.07, 6.45) is 3.50. The van der Waals surface area contributed by atoms with Crippen LogP contribution in [0.2, 0.25) is 0 Å². The monoisotopic (exact) mass is 566 g/mol. The summed E-state index contributed by atoms with van der Waals surface area (Å²) in [5.74, 6) is 0. The zero-order valence-corrected chi connectivity index (χ0v) is 28.5. The predicted molar refractivity (Wildman–Crippen MR) is 171 cm³/mol. The van der Waals surface area contributed by atoms with Crippen LogP contribution in [0.5, 0.6) is 0 Å². The molecule has 0 spiro atoms. The van der Waals surface area contributed by atoms with Crippen LogP contribution >= 0.6 is 0 Å². The number of aryl methyl sites for hydroxylation is 2. The second-order valence-corrected chi connectivity index (χ2v) is 7.37. The number of hydrogen-bond acceptors (Lipinski definition) is 3. The van der Waals surface area contributed by atoms with Gasteiger partial charge >= 0.3 is 22.2 Å². The van der Waals surface area contributed by atoms with Crippen molar-refractivity contribution in [1.29, 1.82) is 0 Å². The molecule has 2 N–H and O–H groups in total. The van der Waals surface area contributed by atoms with Crippen molar-refractivity contribution in [3.63, 3.8) is 0 Å². The van der Waals surface area contributed by atoms with Gasteiger partial charge in [0.05, 0.1) is 12.6 Å². The Morgan fingerprint density at radius 2 is 1.45 bits per heavy atom. The normalized spacial score (nSPS) is 17.4. The van der Waals surface area contributed by atoms with E-state index >= 15 is 0 Å². The Balaban J connectivity index is -0.000000425. The zero-order valence-electron chi connectivity index (χ0n) is 27.1. The number of nitrogens with zero attached hydrogens (tertiary/aromatic N) is 1. The van der Waals surface area contributed by atoms with Gasteiger partial charge in [-0.2, -0.15) is 0 Å². The fraction of sp³-hybridized carbons (Fsp3) is 0.559. The van der Waals surface area contributed by atoms with Gasteiger partial charge in [-0.15, -0.1) is 0 Å². The molecule has 1 saturated heterocycles. The van der Waals surface area contributed by atoms with Crippen LogP contribution in [0.3, 0.4) is 0 Å². The number of benzene rings is 2. The maximum absolute atomic E-state index is 11.5. The molecule has 3 rings (SSSR count). The Morgan fingerprint density at radius 1 is 0.947 bits per heavy atom. The molecule has 1 heterocycles. The molecule has 0 aromatic heterocycles. The van der Waals surface area contributed by atoms with Crippen LogP contribution in [0, 0.1) is 6.92 Å². The molecule has 1 aliphatic rings. The second-order valence-electron chi connectivity index (χ2n) is 7.37. The van der Waals surface area contributed by atoms with Crippen molar-refractivity contribution < 1.29 is 27.2 Å². The first-order valence-electron chi connectivity index (χ1n) is 14.7. The molecule has 4 heteroatoms. The summed E-state index contributed by atoms with van der Waals surface area (Å²) >= 11 is 2.06. The molecular weight excluding hydrogens is 505 g/mol. The molecule has 219 valence electrons. The summed E-state index contributed by atoms with van der Waals surface area (Å²) in [6.45, 7) is 24.9. The van der Waals surface area contributed by atoms with Crippen molar-refractivity contribution in [3.05, 3.63) is 76.9 Å². The van der Waals surface area contributed by atoms with Gasteiger partial charge in [0, 0.05) is 6.54 Å². The van der Waals surface area contributed by atoms with Crippen LogP contribution in [0.1, 0.15) is 111 Å². The number of hydrogen-bond donors (Lipinski definition) is 2. The van der Waals surface area contributed by atoms with Gasteiger partial charge in [0.25, 0.3) is 0 Å². The van der Waals surface area contributed by atoms with E-state index in [1.807, 2.05) is 101 Å². The van der Waals surface area contributed by atoms with E-state index in [4.69, 9.17) is 0 Å². The Morgan fingerprint density at radius 3 is 1.89 bits per heavy atom. The third-order valence-electron chi connectivity index (χ3n) is 5.55. The average molecular weight is 567 g/mol. The Hall–Kier alpha value is -1.49. The van der Waals surface area contributed by atoms with E-state index in [0.717, 1.165) is 35.2 Å². The van der Waals surface area contributed by atoms with Crippen molar-refractivity contribution in [3.8, 4) is 0 Å². The van der Waals surface area contributed by atoms with E-state index in [9.17, 15) is 10.2 Å². The van der Waals surface area contributed by atoms with E-state index in [-0.39, 0.29) is 12.6 Å². The van der Waals surface area contributed by atoms with E-state index < -0.39 is 5.60 Å². The van der Waals surface area contributed by atoms with Crippen LogP contribution in [0.15, 0.2) is 54.6 Å². The minimum absolute atomic E-state index is 0.0818. The summed E-state index contributed by atoms with van der Waals surface area (Å²) in [6, 6.07) is 16.4. The van der Waals surface area contributed by atoms with Gasteiger partial charge in [-0.25, -0.2) is 0 Å². The number of aliphatic hydroxyl groups excluding tert-OH is 1. The average Bonchev–Trinajstić information content (AvgIpc) is 3.32. The Labute approximate surface area is 246 Å². The molecule has 1 fully saturated rings. The number of aliphatic hydroxyl groups is 2. The number of likely N-dealkylation sites (N-methyl/N-ethyl adjacent to an activating group) is 1. The van der Waals surface area contributed by atoms with Crippen molar-refractivity contribution in [2.75, 3.05) is 20.2 Å². The first-order valence-corrected chi connectivity index (χ1v) is 15.7. The van der Waals surface area contributed by atoms with Crippen LogP contribution in [-0.2, 0) is 23.4 Å². The third kappa shape index (κ3) is 14.1. The number of likely N-dealkylation sites (tertiary alicyclic amines) is 1. The fourth-order valence-corrected chi connectivity index (χ4v) is 4.08. The number of rotatable bonds is 5. The minimum atomic E-state index is -0.997. The van der Waals surface area contributed by atoms with Gasteiger partial charge in [-0.1, -0.05) is 125 Å². The molecule has 0 unspecified atom stereocenters. The van der Waals surface area contributed by atoms with Gasteiger partial charge < -0.3 is 10.2 Å². The van der Waals surface area contributed by atoms with Crippen LogP contribution in [0.4, 0.5) is 0 Å². The van der Waals surface area contributed by atoms with Gasteiger partial charge in [0.1, 0.15) is 5.60 Å². The first-order chi connectivity index (χ1) is 18.5. The van der Waals surface area contributed by atoms with E-state index in [0.29, 0.717) is 6.42 Å². The molecule has 2 atom stereocenters. The molecule has 1 aliphatic heterocycles. The molecule has 0 amide bonds. The summed E-state index contributed by atoms with van der Waals surface area (Å²) in [5, 5.41) is 24.8. The Kier molecular flexibility index (Phi) is 32.7. The molecule has 0 saturated carbocycles. The molecule has 2 aromatic rings. The molecule has 0 radical (unpaired) electrons. The quantitative estimate of drug-likeness (QED) is 0.380. The fourth-order valence-electron chi connectivity index (χ4n) is 4.08. The first kappa shape index (κ1) is 43.6. The molecule has 3 nitrogen and oxygen atoms in total. The summed E-state index contributed by atoms with van der Waals surface area (Å²) in [7, 11) is 2.05. The van der Waals surface area contributed by atoms with E-state index in [1.165, 1.54) is 5.56 Å². The third-order valence-corrected chi connectivity index (χ3v) is 5.55. The van der Waals surface area contributed by atoms with E-state index in [2.05, 4.69) is 71.3 Å². The topological polar surface area (TPSA) is 43.7 Å². The van der Waals surface area contributed by atoms with Crippen LogP contribution < -0.4 is 0 Å². The second kappa shape index (κ2) is 28.5. The maximum atomic E-state index is 11.5. The van der Waals surface area contributed by atoms with Crippen LogP contribution in [0.25, 0.3) is 5.57 Å². The Bertz CT molecular complexity index is 807. The molecule has 2 aromatic carbocycles. The van der Waals surface area contributed by atoms with Gasteiger partial charge in [0.15, 0.2) is 0 Å². The molecule has 0 bridgehead atoms. The van der Waals surface area contributed by atoms with Gasteiger partial charge in [-0.05, 0) is 60.7 Å². The van der Waals surface area contributed by atoms with Crippen LogP contribution in [-0.4, -0.2) is 46.1 Å². The predicted octanol–water partition coefficient (Wildman–Crippen LogP) is 8.84. The molecule has 38 heavy (non-hydrogen) atoms. The van der Waals surface area contributed by atoms with E-state index in [1.54, 1.807) is 0 Å². The van der Waals surface area contributed by atoms with Gasteiger partial charge in [-0.3, -0.25) is 4.90 Å². The van der Waals surface area contributed by atoms with Crippen molar-refractivity contribution >= 4 is 10.8 Å². The summed E-state index contributed by atoms with van der Waals surface area (Å²) in [5.41, 5.74) is 4.29. The summed E-state index contributed by atoms with van der Waals surface area (Å²) in [4.78, 5) is 2.19.